The number of ether oxygens (including phenoxy) is 1. The fraction of sp³-hybridized carbons (Fsp3) is 0.846. The van der Waals surface area contributed by atoms with Crippen LogP contribution in [0.25, 0.3) is 0 Å². The lowest BCUT2D eigenvalue weighted by Gasteiger charge is -2.26. The van der Waals surface area contributed by atoms with Crippen molar-refractivity contribution in [1.82, 2.24) is 25.0 Å². The molecule has 19 heavy (non-hydrogen) atoms. The normalized spacial score (nSPS) is 15.6. The molecule has 1 aromatic heterocycles. The van der Waals surface area contributed by atoms with Crippen molar-refractivity contribution < 1.29 is 4.74 Å². The van der Waals surface area contributed by atoms with Crippen molar-refractivity contribution in [1.29, 1.82) is 0 Å². The Morgan fingerprint density at radius 3 is 3.16 bits per heavy atom. The van der Waals surface area contributed by atoms with Gasteiger partial charge in [0.05, 0.1) is 6.54 Å². The Bertz CT molecular complexity index is 355. The van der Waals surface area contributed by atoms with Gasteiger partial charge in [0.25, 0.3) is 0 Å². The Labute approximate surface area is 115 Å². The molecule has 0 amide bonds. The highest BCUT2D eigenvalue weighted by Crippen LogP contribution is 2.07. The van der Waals surface area contributed by atoms with Crippen LogP contribution in [0, 0.1) is 0 Å². The second-order valence-corrected chi connectivity index (χ2v) is 4.87. The van der Waals surface area contributed by atoms with Crippen molar-refractivity contribution in [3.05, 3.63) is 12.2 Å². The Kier molecular flexibility index (Phi) is 6.26. The fourth-order valence-corrected chi connectivity index (χ4v) is 2.27. The molecule has 0 bridgehead atoms. The van der Waals surface area contributed by atoms with E-state index in [1.807, 2.05) is 13.3 Å². The minimum atomic E-state index is 0.826. The van der Waals surface area contributed by atoms with Gasteiger partial charge in [-0.05, 0) is 26.3 Å². The molecule has 2 heterocycles. The topological polar surface area (TPSA) is 55.2 Å². The molecule has 1 aliphatic rings. The van der Waals surface area contributed by atoms with E-state index in [-0.39, 0.29) is 0 Å². The van der Waals surface area contributed by atoms with Crippen molar-refractivity contribution in [3.63, 3.8) is 0 Å². The molecule has 6 nitrogen and oxygen atoms in total. The molecule has 0 fully saturated rings. The monoisotopic (exact) mass is 267 g/mol. The SMILES string of the molecule is CCOCCCCNCCN1CCn2cnnc2C1. The van der Waals surface area contributed by atoms with Crippen LogP contribution in [0.2, 0.25) is 0 Å². The molecule has 0 unspecified atom stereocenters. The third-order valence-electron chi connectivity index (χ3n) is 3.42. The summed E-state index contributed by atoms with van der Waals surface area (Å²) in [7, 11) is 0. The largest absolute Gasteiger partial charge is 0.382 e. The first-order chi connectivity index (χ1) is 9.40. The molecule has 6 heteroatoms. The van der Waals surface area contributed by atoms with Gasteiger partial charge in [0.2, 0.25) is 0 Å². The average molecular weight is 267 g/mol. The number of nitrogens with zero attached hydrogens (tertiary/aromatic N) is 4. The zero-order chi connectivity index (χ0) is 13.3. The standard InChI is InChI=1S/C13H25N5O/c1-2-19-10-4-3-5-14-6-7-17-8-9-18-12-15-16-13(18)11-17/h12,14H,2-11H2,1H3. The molecule has 0 aliphatic carbocycles. The summed E-state index contributed by atoms with van der Waals surface area (Å²) in [4.78, 5) is 2.43. The Balaban J connectivity index is 1.48. The first-order valence-corrected chi connectivity index (χ1v) is 7.27. The van der Waals surface area contributed by atoms with E-state index < -0.39 is 0 Å². The third kappa shape index (κ3) is 4.89. The predicted octanol–water partition coefficient (Wildman–Crippen LogP) is 0.500. The van der Waals surface area contributed by atoms with E-state index in [1.54, 1.807) is 0 Å². The first-order valence-electron chi connectivity index (χ1n) is 7.27. The van der Waals surface area contributed by atoms with Gasteiger partial charge in [-0.1, -0.05) is 0 Å². The van der Waals surface area contributed by atoms with Crippen molar-refractivity contribution >= 4 is 0 Å². The summed E-state index contributed by atoms with van der Waals surface area (Å²) in [6, 6.07) is 0. The van der Waals surface area contributed by atoms with Crippen LogP contribution in [-0.2, 0) is 17.8 Å². The third-order valence-corrected chi connectivity index (χ3v) is 3.42. The van der Waals surface area contributed by atoms with Gasteiger partial charge in [-0.15, -0.1) is 10.2 Å². The molecule has 1 aromatic rings. The lowest BCUT2D eigenvalue weighted by atomic mass is 10.3. The molecule has 2 rings (SSSR count). The fourth-order valence-electron chi connectivity index (χ4n) is 2.27. The molecule has 0 aromatic carbocycles. The van der Waals surface area contributed by atoms with Crippen LogP contribution < -0.4 is 5.32 Å². The molecular formula is C13H25N5O. The molecule has 0 saturated carbocycles. The van der Waals surface area contributed by atoms with E-state index in [2.05, 4.69) is 25.0 Å². The van der Waals surface area contributed by atoms with E-state index in [9.17, 15) is 0 Å². The van der Waals surface area contributed by atoms with E-state index in [0.29, 0.717) is 0 Å². The van der Waals surface area contributed by atoms with Gasteiger partial charge in [-0.2, -0.15) is 0 Å². The van der Waals surface area contributed by atoms with Gasteiger partial charge < -0.3 is 14.6 Å². The van der Waals surface area contributed by atoms with Gasteiger partial charge in [-0.25, -0.2) is 0 Å². The van der Waals surface area contributed by atoms with Crippen LogP contribution in [0.4, 0.5) is 0 Å². The van der Waals surface area contributed by atoms with E-state index >= 15 is 0 Å². The molecule has 1 aliphatic heterocycles. The summed E-state index contributed by atoms with van der Waals surface area (Å²) in [5.41, 5.74) is 0. The number of unbranched alkanes of at least 4 members (excludes halogenated alkanes) is 1. The molecule has 0 saturated heterocycles. The summed E-state index contributed by atoms with van der Waals surface area (Å²) < 4.78 is 7.45. The highest BCUT2D eigenvalue weighted by atomic mass is 16.5. The number of fused-ring (bicyclic) bond motifs is 1. The lowest BCUT2D eigenvalue weighted by Crippen LogP contribution is -2.38. The minimum Gasteiger partial charge on any atom is -0.382 e. The average Bonchev–Trinajstić information content (AvgIpc) is 2.89. The van der Waals surface area contributed by atoms with E-state index in [0.717, 1.165) is 64.7 Å². The molecule has 1 N–H and O–H groups in total. The Morgan fingerprint density at radius 1 is 1.32 bits per heavy atom. The maximum atomic E-state index is 5.31. The second-order valence-electron chi connectivity index (χ2n) is 4.87. The van der Waals surface area contributed by atoms with Crippen LogP contribution in [0.3, 0.4) is 0 Å². The van der Waals surface area contributed by atoms with Gasteiger partial charge >= 0.3 is 0 Å². The molecule has 0 radical (unpaired) electrons. The van der Waals surface area contributed by atoms with Crippen molar-refractivity contribution in [2.45, 2.75) is 32.9 Å². The number of nitrogens with one attached hydrogen (secondary N) is 1. The summed E-state index contributed by atoms with van der Waals surface area (Å²) in [6.45, 7) is 9.99. The van der Waals surface area contributed by atoms with Gasteiger partial charge in [0, 0.05) is 39.4 Å². The first kappa shape index (κ1) is 14.4. The molecule has 108 valence electrons. The quantitative estimate of drug-likeness (QED) is 0.660. The number of aromatic nitrogens is 3. The van der Waals surface area contributed by atoms with E-state index in [4.69, 9.17) is 4.74 Å². The van der Waals surface area contributed by atoms with E-state index in [1.165, 1.54) is 6.42 Å². The van der Waals surface area contributed by atoms with Gasteiger partial charge in [-0.3, -0.25) is 4.90 Å². The van der Waals surface area contributed by atoms with Crippen molar-refractivity contribution in [3.8, 4) is 0 Å². The summed E-state index contributed by atoms with van der Waals surface area (Å²) in [6.07, 6.45) is 4.16. The van der Waals surface area contributed by atoms with Crippen LogP contribution in [0.15, 0.2) is 6.33 Å². The van der Waals surface area contributed by atoms with Gasteiger partial charge in [0.15, 0.2) is 0 Å². The Hall–Kier alpha value is -0.980. The van der Waals surface area contributed by atoms with Crippen molar-refractivity contribution in [2.24, 2.45) is 0 Å². The van der Waals surface area contributed by atoms with Crippen LogP contribution >= 0.6 is 0 Å². The number of hydrogen-bond donors (Lipinski definition) is 1. The summed E-state index contributed by atoms with van der Waals surface area (Å²) in [5.74, 6) is 1.09. The maximum Gasteiger partial charge on any atom is 0.147 e. The lowest BCUT2D eigenvalue weighted by molar-refractivity contribution is 0.143. The smallest absolute Gasteiger partial charge is 0.147 e. The second kappa shape index (κ2) is 8.24. The van der Waals surface area contributed by atoms with Crippen LogP contribution in [0.1, 0.15) is 25.6 Å². The number of rotatable bonds is 9. The predicted molar refractivity (Wildman–Crippen MR) is 73.9 cm³/mol. The minimum absolute atomic E-state index is 0.826. The number of hydrogen-bond acceptors (Lipinski definition) is 5. The summed E-state index contributed by atoms with van der Waals surface area (Å²) >= 11 is 0. The zero-order valence-corrected chi connectivity index (χ0v) is 11.8. The maximum absolute atomic E-state index is 5.31. The molecule has 0 atom stereocenters. The highest BCUT2D eigenvalue weighted by molar-refractivity contribution is 4.89. The molecular weight excluding hydrogens is 242 g/mol. The van der Waals surface area contributed by atoms with Gasteiger partial charge in [0.1, 0.15) is 12.2 Å². The van der Waals surface area contributed by atoms with Crippen molar-refractivity contribution in [2.75, 3.05) is 39.4 Å². The van der Waals surface area contributed by atoms with Crippen LogP contribution in [-0.4, -0.2) is 59.1 Å². The Morgan fingerprint density at radius 2 is 2.26 bits per heavy atom. The zero-order valence-electron chi connectivity index (χ0n) is 11.8. The summed E-state index contributed by atoms with van der Waals surface area (Å²) in [5, 5.41) is 11.6. The highest BCUT2D eigenvalue weighted by Gasteiger charge is 2.16. The van der Waals surface area contributed by atoms with Crippen LogP contribution in [0.5, 0.6) is 0 Å². The molecule has 0 spiro atoms.